The summed E-state index contributed by atoms with van der Waals surface area (Å²) in [6.45, 7) is 0.118. The third kappa shape index (κ3) is 4.26. The van der Waals surface area contributed by atoms with E-state index >= 15 is 0 Å². The molecule has 0 bridgehead atoms. The first-order valence-electron chi connectivity index (χ1n) is 9.67. The van der Waals surface area contributed by atoms with E-state index in [2.05, 4.69) is 4.98 Å². The molecule has 164 valence electrons. The molecular formula is C22H18F6N2O. The van der Waals surface area contributed by atoms with Crippen molar-refractivity contribution in [2.24, 2.45) is 0 Å². The van der Waals surface area contributed by atoms with E-state index in [1.54, 1.807) is 6.07 Å². The number of aromatic amines is 1. The predicted octanol–water partition coefficient (Wildman–Crippen LogP) is 6.00. The van der Waals surface area contributed by atoms with Gasteiger partial charge in [-0.25, -0.2) is 0 Å². The minimum absolute atomic E-state index is 0.118. The number of nitrogens with zero attached hydrogens (tertiary/aromatic N) is 1. The maximum Gasteiger partial charge on any atom is 0.416 e. The van der Waals surface area contributed by atoms with Crippen molar-refractivity contribution in [3.05, 3.63) is 70.9 Å². The molecule has 31 heavy (non-hydrogen) atoms. The zero-order valence-electron chi connectivity index (χ0n) is 16.1. The van der Waals surface area contributed by atoms with Crippen LogP contribution in [0.5, 0.6) is 0 Å². The summed E-state index contributed by atoms with van der Waals surface area (Å²) in [6, 6.07) is 11.0. The molecule has 1 aromatic heterocycles. The highest BCUT2D eigenvalue weighted by Gasteiger charge is 2.38. The minimum atomic E-state index is -4.58. The number of aromatic nitrogens is 1. The monoisotopic (exact) mass is 440 g/mol. The summed E-state index contributed by atoms with van der Waals surface area (Å²) in [6.07, 6.45) is -10.7. The molecule has 0 spiro atoms. The Bertz CT molecular complexity index is 1120. The van der Waals surface area contributed by atoms with Crippen molar-refractivity contribution in [2.45, 2.75) is 37.7 Å². The molecule has 1 aliphatic rings. The Balaban J connectivity index is 1.80. The van der Waals surface area contributed by atoms with Gasteiger partial charge >= 0.3 is 12.4 Å². The van der Waals surface area contributed by atoms with Crippen LogP contribution in [-0.4, -0.2) is 28.5 Å². The van der Waals surface area contributed by atoms with Gasteiger partial charge in [-0.1, -0.05) is 30.3 Å². The SMILES string of the molecule is O=C(CCC(F)(F)F)N1CCc2c([nH]c3ccccc23)C1c1cccc(C(F)(F)F)c1. The molecule has 1 amide bonds. The number of hydrogen-bond acceptors (Lipinski definition) is 1. The number of nitrogens with one attached hydrogen (secondary N) is 1. The molecule has 0 saturated heterocycles. The third-order valence-electron chi connectivity index (χ3n) is 5.51. The van der Waals surface area contributed by atoms with Gasteiger partial charge in [0.25, 0.3) is 0 Å². The van der Waals surface area contributed by atoms with Crippen molar-refractivity contribution in [1.29, 1.82) is 0 Å². The van der Waals surface area contributed by atoms with Crippen molar-refractivity contribution in [3.63, 3.8) is 0 Å². The van der Waals surface area contributed by atoms with Crippen LogP contribution in [0.25, 0.3) is 10.9 Å². The first-order chi connectivity index (χ1) is 14.5. The molecule has 0 radical (unpaired) electrons. The number of fused-ring (bicyclic) bond motifs is 3. The molecule has 0 saturated carbocycles. The zero-order valence-corrected chi connectivity index (χ0v) is 16.1. The molecule has 0 aliphatic carbocycles. The van der Waals surface area contributed by atoms with E-state index < -0.39 is 42.7 Å². The Morgan fingerprint density at radius 1 is 1.03 bits per heavy atom. The van der Waals surface area contributed by atoms with Gasteiger partial charge in [-0.15, -0.1) is 0 Å². The lowest BCUT2D eigenvalue weighted by molar-refractivity contribution is -0.150. The maximum absolute atomic E-state index is 13.3. The van der Waals surface area contributed by atoms with Gasteiger partial charge in [0.2, 0.25) is 5.91 Å². The van der Waals surface area contributed by atoms with Crippen LogP contribution in [0, 0.1) is 0 Å². The predicted molar refractivity (Wildman–Crippen MR) is 102 cm³/mol. The van der Waals surface area contributed by atoms with Gasteiger partial charge in [-0.2, -0.15) is 26.3 Å². The second kappa shape index (κ2) is 7.62. The molecule has 1 aliphatic heterocycles. The van der Waals surface area contributed by atoms with Crippen LogP contribution < -0.4 is 0 Å². The van der Waals surface area contributed by atoms with E-state index in [0.717, 1.165) is 28.6 Å². The van der Waals surface area contributed by atoms with Gasteiger partial charge in [0.1, 0.15) is 0 Å². The van der Waals surface area contributed by atoms with Gasteiger partial charge in [0.05, 0.1) is 18.0 Å². The van der Waals surface area contributed by atoms with Gasteiger partial charge in [-0.3, -0.25) is 4.79 Å². The summed E-state index contributed by atoms with van der Waals surface area (Å²) in [5.74, 6) is -0.746. The third-order valence-corrected chi connectivity index (χ3v) is 5.51. The lowest BCUT2D eigenvalue weighted by atomic mass is 9.91. The zero-order chi connectivity index (χ0) is 22.4. The van der Waals surface area contributed by atoms with Crippen molar-refractivity contribution >= 4 is 16.8 Å². The van der Waals surface area contributed by atoms with Gasteiger partial charge in [-0.05, 0) is 35.7 Å². The molecule has 3 nitrogen and oxygen atoms in total. The highest BCUT2D eigenvalue weighted by Crippen LogP contribution is 2.40. The van der Waals surface area contributed by atoms with Crippen molar-refractivity contribution < 1.29 is 31.1 Å². The minimum Gasteiger partial charge on any atom is -0.356 e. The summed E-state index contributed by atoms with van der Waals surface area (Å²) in [5.41, 5.74) is 1.47. The normalized spacial score (nSPS) is 17.1. The van der Waals surface area contributed by atoms with Gasteiger partial charge in [0.15, 0.2) is 0 Å². The molecule has 2 aromatic carbocycles. The van der Waals surface area contributed by atoms with Crippen molar-refractivity contribution in [1.82, 2.24) is 9.88 Å². The van der Waals surface area contributed by atoms with Crippen molar-refractivity contribution in [3.8, 4) is 0 Å². The van der Waals surface area contributed by atoms with Crippen LogP contribution in [0.1, 0.15) is 41.3 Å². The molecule has 2 heterocycles. The number of para-hydroxylation sites is 1. The standard InChI is InChI=1S/C22H18F6N2O/c23-21(24,25)10-8-18(31)30-11-9-16-15-6-1-2-7-17(15)29-19(16)20(30)13-4-3-5-14(12-13)22(26,27)28/h1-7,12,20,29H,8-11H2. The molecule has 0 fully saturated rings. The summed E-state index contributed by atoms with van der Waals surface area (Å²) in [7, 11) is 0. The first-order valence-corrected chi connectivity index (χ1v) is 9.67. The fourth-order valence-electron chi connectivity index (χ4n) is 4.13. The second-order valence-corrected chi connectivity index (χ2v) is 7.54. The number of amides is 1. The average Bonchev–Trinajstić information content (AvgIpc) is 3.09. The molecule has 4 rings (SSSR count). The van der Waals surface area contributed by atoms with E-state index in [9.17, 15) is 31.1 Å². The van der Waals surface area contributed by atoms with Gasteiger partial charge < -0.3 is 9.88 Å². The summed E-state index contributed by atoms with van der Waals surface area (Å²) in [5, 5.41) is 0.886. The molecular weight excluding hydrogens is 422 g/mol. The molecule has 1 N–H and O–H groups in total. The Labute approximate surface area is 173 Å². The van der Waals surface area contributed by atoms with E-state index in [1.807, 2.05) is 18.2 Å². The second-order valence-electron chi connectivity index (χ2n) is 7.54. The topological polar surface area (TPSA) is 36.1 Å². The number of benzene rings is 2. The number of H-pyrrole nitrogens is 1. The van der Waals surface area contributed by atoms with Crippen molar-refractivity contribution in [2.75, 3.05) is 6.54 Å². The molecule has 1 atom stereocenters. The number of alkyl halides is 6. The van der Waals surface area contributed by atoms with Crippen LogP contribution in [0.15, 0.2) is 48.5 Å². The lowest BCUT2D eigenvalue weighted by Crippen LogP contribution is -2.41. The number of halogens is 6. The van der Waals surface area contributed by atoms with E-state index in [1.165, 1.54) is 17.0 Å². The Kier molecular flexibility index (Phi) is 5.23. The molecule has 9 heteroatoms. The van der Waals surface area contributed by atoms with Crippen LogP contribution in [-0.2, 0) is 17.4 Å². The lowest BCUT2D eigenvalue weighted by Gasteiger charge is -2.36. The number of rotatable bonds is 3. The highest BCUT2D eigenvalue weighted by molar-refractivity contribution is 5.86. The van der Waals surface area contributed by atoms with Crippen LogP contribution in [0.3, 0.4) is 0 Å². The molecule has 3 aromatic rings. The fraction of sp³-hybridized carbons (Fsp3) is 0.318. The number of carbonyl (C=O) groups is 1. The average molecular weight is 440 g/mol. The number of carbonyl (C=O) groups excluding carboxylic acids is 1. The summed E-state index contributed by atoms with van der Waals surface area (Å²) >= 11 is 0. The quantitative estimate of drug-likeness (QED) is 0.498. The van der Waals surface area contributed by atoms with E-state index in [-0.39, 0.29) is 12.1 Å². The Morgan fingerprint density at radius 3 is 2.48 bits per heavy atom. The summed E-state index contributed by atoms with van der Waals surface area (Å²) < 4.78 is 77.9. The largest absolute Gasteiger partial charge is 0.416 e. The van der Waals surface area contributed by atoms with E-state index in [0.29, 0.717) is 12.1 Å². The van der Waals surface area contributed by atoms with Crippen LogP contribution in [0.4, 0.5) is 26.3 Å². The van der Waals surface area contributed by atoms with Gasteiger partial charge in [0, 0.05) is 29.6 Å². The van der Waals surface area contributed by atoms with E-state index in [4.69, 9.17) is 0 Å². The number of hydrogen-bond donors (Lipinski definition) is 1. The smallest absolute Gasteiger partial charge is 0.356 e. The molecule has 1 unspecified atom stereocenters. The van der Waals surface area contributed by atoms with Crippen LogP contribution >= 0.6 is 0 Å². The fourth-order valence-corrected chi connectivity index (χ4v) is 4.13. The summed E-state index contributed by atoms with van der Waals surface area (Å²) in [4.78, 5) is 17.2. The Hall–Kier alpha value is -2.97. The maximum atomic E-state index is 13.3. The first kappa shape index (κ1) is 21.3. The highest BCUT2D eigenvalue weighted by atomic mass is 19.4. The Morgan fingerprint density at radius 2 is 1.77 bits per heavy atom. The van der Waals surface area contributed by atoms with Crippen LogP contribution in [0.2, 0.25) is 0 Å².